The van der Waals surface area contributed by atoms with Crippen LogP contribution < -0.4 is 29.6 Å². The van der Waals surface area contributed by atoms with Crippen LogP contribution >= 0.6 is 0 Å². The van der Waals surface area contributed by atoms with Crippen molar-refractivity contribution in [3.63, 3.8) is 0 Å². The van der Waals surface area contributed by atoms with Gasteiger partial charge in [0.15, 0.2) is 28.6 Å². The van der Waals surface area contributed by atoms with E-state index in [2.05, 4.69) is 15.5 Å². The van der Waals surface area contributed by atoms with Crippen LogP contribution in [0.2, 0.25) is 0 Å². The first-order chi connectivity index (χ1) is 25.8. The molecule has 2 N–H and O–H groups in total. The molecule has 4 aromatic carbocycles. The third-order valence-corrected chi connectivity index (χ3v) is 8.16. The number of carbonyl (C=O) groups excluding carboxylic acids is 1. The lowest BCUT2D eigenvalue weighted by molar-refractivity contribution is -0.385. The SMILES string of the molecule is CCOC(=O)Cc1c([N+](=O)[O-])ccc2c1O[C@@H](CNCc1ccccc1)CO2.[C-]#[N+]Cc1c([N+](=O)[O-])ccc2c1O[C@@H](CNCc1ccccc1)CO2. The van der Waals surface area contributed by atoms with Crippen molar-refractivity contribution in [1.29, 1.82) is 0 Å². The first kappa shape index (κ1) is 38.0. The number of esters is 1. The number of rotatable bonds is 14. The number of hydrogen-bond acceptors (Lipinski definition) is 12. The van der Waals surface area contributed by atoms with Crippen molar-refractivity contribution >= 4 is 17.3 Å². The summed E-state index contributed by atoms with van der Waals surface area (Å²) in [7, 11) is 0. The Morgan fingerprint density at radius 1 is 0.774 bits per heavy atom. The molecule has 0 fully saturated rings. The number of fused-ring (bicyclic) bond motifs is 2. The van der Waals surface area contributed by atoms with E-state index in [4.69, 9.17) is 30.3 Å². The van der Waals surface area contributed by atoms with E-state index in [-0.39, 0.29) is 60.0 Å². The molecule has 0 aromatic heterocycles. The van der Waals surface area contributed by atoms with Gasteiger partial charge < -0.3 is 39.2 Å². The van der Waals surface area contributed by atoms with Crippen LogP contribution in [0, 0.1) is 26.8 Å². The van der Waals surface area contributed by atoms with Gasteiger partial charge in [-0.05, 0) is 30.2 Å². The van der Waals surface area contributed by atoms with E-state index in [1.807, 2.05) is 60.7 Å². The van der Waals surface area contributed by atoms with Crippen LogP contribution in [0.15, 0.2) is 84.9 Å². The van der Waals surface area contributed by atoms with Crippen molar-refractivity contribution in [3.05, 3.63) is 139 Å². The van der Waals surface area contributed by atoms with Gasteiger partial charge in [-0.2, -0.15) is 0 Å². The van der Waals surface area contributed by atoms with Gasteiger partial charge >= 0.3 is 5.97 Å². The van der Waals surface area contributed by atoms with Crippen LogP contribution in [0.3, 0.4) is 0 Å². The molecular formula is C38H39N5O10. The molecule has 0 saturated carbocycles. The molecule has 276 valence electrons. The van der Waals surface area contributed by atoms with Gasteiger partial charge in [0.2, 0.25) is 6.54 Å². The quantitative estimate of drug-likeness (QED) is 0.0716. The number of carbonyl (C=O) groups is 1. The van der Waals surface area contributed by atoms with Gasteiger partial charge in [-0.3, -0.25) is 25.0 Å². The van der Waals surface area contributed by atoms with Crippen LogP contribution in [0.1, 0.15) is 29.2 Å². The Balaban J connectivity index is 0.000000206. The van der Waals surface area contributed by atoms with Crippen LogP contribution in [0.25, 0.3) is 4.85 Å². The van der Waals surface area contributed by atoms with Crippen LogP contribution in [0.4, 0.5) is 11.4 Å². The van der Waals surface area contributed by atoms with E-state index in [1.54, 1.807) is 6.92 Å². The van der Waals surface area contributed by atoms with Crippen molar-refractivity contribution in [2.45, 2.75) is 45.2 Å². The van der Waals surface area contributed by atoms with Gasteiger partial charge in [0.1, 0.15) is 25.4 Å². The second-order valence-electron chi connectivity index (χ2n) is 11.9. The molecule has 53 heavy (non-hydrogen) atoms. The molecule has 2 aliphatic heterocycles. The lowest BCUT2D eigenvalue weighted by Gasteiger charge is -2.28. The maximum atomic E-state index is 11.9. The van der Waals surface area contributed by atoms with Crippen LogP contribution in [0.5, 0.6) is 23.0 Å². The zero-order valence-corrected chi connectivity index (χ0v) is 29.0. The highest BCUT2D eigenvalue weighted by atomic mass is 16.6. The Labute approximate surface area is 305 Å². The normalized spacial score (nSPS) is 15.2. The lowest BCUT2D eigenvalue weighted by atomic mass is 10.1. The monoisotopic (exact) mass is 725 g/mol. The summed E-state index contributed by atoms with van der Waals surface area (Å²) in [5, 5.41) is 29.2. The van der Waals surface area contributed by atoms with Crippen molar-refractivity contribution < 1.29 is 38.3 Å². The number of nitro groups is 2. The van der Waals surface area contributed by atoms with Gasteiger partial charge in [0, 0.05) is 38.3 Å². The predicted octanol–water partition coefficient (Wildman–Crippen LogP) is 5.57. The van der Waals surface area contributed by atoms with Crippen molar-refractivity contribution in [1.82, 2.24) is 10.6 Å². The summed E-state index contributed by atoms with van der Waals surface area (Å²) in [6, 6.07) is 25.6. The minimum absolute atomic E-state index is 0.115. The largest absolute Gasteiger partial charge is 0.486 e. The summed E-state index contributed by atoms with van der Waals surface area (Å²) in [5.41, 5.74) is 2.44. The molecule has 0 amide bonds. The molecule has 2 atom stereocenters. The Bertz CT molecular complexity index is 1920. The van der Waals surface area contributed by atoms with Gasteiger partial charge in [-0.25, -0.2) is 6.57 Å². The first-order valence-corrected chi connectivity index (χ1v) is 16.9. The highest BCUT2D eigenvalue weighted by Crippen LogP contribution is 2.42. The fourth-order valence-electron chi connectivity index (χ4n) is 5.69. The molecule has 0 bridgehead atoms. The summed E-state index contributed by atoms with van der Waals surface area (Å²) in [4.78, 5) is 36.8. The molecular weight excluding hydrogens is 686 g/mol. The molecule has 6 rings (SSSR count). The van der Waals surface area contributed by atoms with Crippen molar-refractivity contribution in [3.8, 4) is 23.0 Å². The van der Waals surface area contributed by atoms with Gasteiger partial charge in [-0.15, -0.1) is 0 Å². The minimum atomic E-state index is -0.549. The number of nitrogens with one attached hydrogen (secondary N) is 2. The minimum Gasteiger partial charge on any atom is -0.486 e. The smallest absolute Gasteiger partial charge is 0.310 e. The molecule has 0 aliphatic carbocycles. The van der Waals surface area contributed by atoms with E-state index >= 15 is 0 Å². The number of nitrogens with zero attached hydrogens (tertiary/aromatic N) is 3. The Kier molecular flexibility index (Phi) is 13.5. The van der Waals surface area contributed by atoms with Crippen molar-refractivity contribution in [2.75, 3.05) is 32.9 Å². The maximum absolute atomic E-state index is 11.9. The lowest BCUT2D eigenvalue weighted by Crippen LogP contribution is -2.38. The molecule has 0 spiro atoms. The Morgan fingerprint density at radius 3 is 1.70 bits per heavy atom. The highest BCUT2D eigenvalue weighted by Gasteiger charge is 2.32. The molecule has 0 unspecified atom stereocenters. The molecule has 0 saturated heterocycles. The third-order valence-electron chi connectivity index (χ3n) is 8.16. The molecule has 15 nitrogen and oxygen atoms in total. The standard InChI is InChI=1S/C20H22N2O6.C18H17N3O4/c1-2-26-19(23)10-16-17(22(24)25)8-9-18-20(16)28-15(13-27-18)12-21-11-14-6-4-3-5-7-14;1-19-11-15-16(21(22)23)7-8-17-18(15)25-14(12-24-17)10-20-9-13-5-3-2-4-6-13/h3-9,15,21H,2,10-13H2,1H3;2-8,14,20H,9-12H2/t15-;14-/m00/s1. The molecule has 0 radical (unpaired) electrons. The second kappa shape index (κ2) is 18.8. The average Bonchev–Trinajstić information content (AvgIpc) is 3.16. The van der Waals surface area contributed by atoms with Gasteiger partial charge in [-0.1, -0.05) is 60.7 Å². The number of nitro benzene ring substituents is 2. The van der Waals surface area contributed by atoms with Gasteiger partial charge in [0.25, 0.3) is 11.4 Å². The zero-order valence-electron chi connectivity index (χ0n) is 29.0. The highest BCUT2D eigenvalue weighted by molar-refractivity contribution is 5.77. The molecule has 2 heterocycles. The van der Waals surface area contributed by atoms with E-state index < -0.39 is 15.8 Å². The first-order valence-electron chi connectivity index (χ1n) is 16.9. The van der Waals surface area contributed by atoms with Crippen molar-refractivity contribution in [2.24, 2.45) is 0 Å². The zero-order chi connectivity index (χ0) is 37.6. The number of benzene rings is 4. The topological polar surface area (TPSA) is 178 Å². The number of ether oxygens (including phenoxy) is 5. The van der Waals surface area contributed by atoms with Gasteiger partial charge in [0.05, 0.1) is 28.4 Å². The fourth-order valence-corrected chi connectivity index (χ4v) is 5.69. The van der Waals surface area contributed by atoms with E-state index in [0.717, 1.165) is 11.1 Å². The van der Waals surface area contributed by atoms with Crippen LogP contribution in [-0.4, -0.2) is 60.9 Å². The van der Waals surface area contributed by atoms with E-state index in [9.17, 15) is 25.0 Å². The summed E-state index contributed by atoms with van der Waals surface area (Å²) in [5.74, 6) is 0.836. The summed E-state index contributed by atoms with van der Waals surface area (Å²) >= 11 is 0. The predicted molar refractivity (Wildman–Crippen MR) is 193 cm³/mol. The average molecular weight is 726 g/mol. The fraction of sp³-hybridized carbons (Fsp3) is 0.316. The Hall–Kier alpha value is -6.24. The molecule has 4 aromatic rings. The summed E-state index contributed by atoms with van der Waals surface area (Å²) in [6.45, 7) is 11.9. The summed E-state index contributed by atoms with van der Waals surface area (Å²) < 4.78 is 28.2. The van der Waals surface area contributed by atoms with Crippen LogP contribution in [-0.2, 0) is 35.6 Å². The maximum Gasteiger partial charge on any atom is 0.310 e. The molecule has 15 heteroatoms. The number of hydrogen-bond donors (Lipinski definition) is 2. The molecule has 2 aliphatic rings. The van der Waals surface area contributed by atoms with E-state index in [1.165, 1.54) is 24.3 Å². The van der Waals surface area contributed by atoms with E-state index in [0.29, 0.717) is 56.6 Å². The Morgan fingerprint density at radius 2 is 1.25 bits per heavy atom. The summed E-state index contributed by atoms with van der Waals surface area (Å²) in [6.07, 6.45) is -0.859. The third kappa shape index (κ3) is 10.4. The second-order valence-corrected chi connectivity index (χ2v) is 11.9.